The highest BCUT2D eigenvalue weighted by Gasteiger charge is 2.11. The van der Waals surface area contributed by atoms with Crippen LogP contribution in [0.4, 0.5) is 5.95 Å². The number of carbonyl (C=O) groups excluding carboxylic acids is 2. The highest BCUT2D eigenvalue weighted by molar-refractivity contribution is 5.94. The van der Waals surface area contributed by atoms with Crippen molar-refractivity contribution in [3.63, 3.8) is 0 Å². The van der Waals surface area contributed by atoms with Crippen molar-refractivity contribution in [2.24, 2.45) is 0 Å². The number of imidazole rings is 1. The molecular formula is C21H24N4O4. The topological polar surface area (TPSA) is 105 Å². The van der Waals surface area contributed by atoms with Gasteiger partial charge in [0.05, 0.1) is 37.2 Å². The van der Waals surface area contributed by atoms with Crippen LogP contribution < -0.4 is 20.1 Å². The van der Waals surface area contributed by atoms with Crippen molar-refractivity contribution in [2.45, 2.75) is 20.3 Å². The SMILES string of the molecule is CCOc1ccc(CC(=O)NCC(=O)Nc2nc3ccccc3[nH]2)cc1OCC. The molecule has 8 nitrogen and oxygen atoms in total. The first-order chi connectivity index (χ1) is 14.1. The number of benzene rings is 2. The molecule has 0 radical (unpaired) electrons. The van der Waals surface area contributed by atoms with E-state index in [0.29, 0.717) is 30.7 Å². The summed E-state index contributed by atoms with van der Waals surface area (Å²) in [5.41, 5.74) is 2.35. The van der Waals surface area contributed by atoms with Crippen LogP contribution >= 0.6 is 0 Å². The second-order valence-corrected chi connectivity index (χ2v) is 6.25. The summed E-state index contributed by atoms with van der Waals surface area (Å²) < 4.78 is 11.1. The van der Waals surface area contributed by atoms with Crippen LogP contribution in [0.15, 0.2) is 42.5 Å². The number of nitrogens with one attached hydrogen (secondary N) is 3. The molecule has 0 saturated heterocycles. The van der Waals surface area contributed by atoms with Gasteiger partial charge in [-0.05, 0) is 43.7 Å². The number of hydrogen-bond acceptors (Lipinski definition) is 5. The van der Waals surface area contributed by atoms with Gasteiger partial charge in [0.15, 0.2) is 11.5 Å². The largest absolute Gasteiger partial charge is 0.490 e. The molecule has 0 spiro atoms. The molecule has 0 aliphatic rings. The van der Waals surface area contributed by atoms with E-state index >= 15 is 0 Å². The normalized spacial score (nSPS) is 10.6. The molecule has 3 N–H and O–H groups in total. The molecule has 152 valence electrons. The van der Waals surface area contributed by atoms with Gasteiger partial charge in [0.2, 0.25) is 17.8 Å². The van der Waals surface area contributed by atoms with Gasteiger partial charge in [-0.1, -0.05) is 18.2 Å². The fourth-order valence-corrected chi connectivity index (χ4v) is 2.82. The lowest BCUT2D eigenvalue weighted by Crippen LogP contribution is -2.34. The van der Waals surface area contributed by atoms with Crippen molar-refractivity contribution >= 4 is 28.8 Å². The fraction of sp³-hybridized carbons (Fsp3) is 0.286. The maximum Gasteiger partial charge on any atom is 0.246 e. The Kier molecular flexibility index (Phi) is 6.67. The number of aromatic nitrogens is 2. The van der Waals surface area contributed by atoms with E-state index in [2.05, 4.69) is 20.6 Å². The highest BCUT2D eigenvalue weighted by Crippen LogP contribution is 2.28. The minimum atomic E-state index is -0.362. The summed E-state index contributed by atoms with van der Waals surface area (Å²) in [6, 6.07) is 12.8. The zero-order valence-corrected chi connectivity index (χ0v) is 16.5. The van der Waals surface area contributed by atoms with E-state index in [-0.39, 0.29) is 24.8 Å². The third kappa shape index (κ3) is 5.47. The second kappa shape index (κ2) is 9.59. The lowest BCUT2D eigenvalue weighted by Gasteiger charge is -2.12. The van der Waals surface area contributed by atoms with Crippen molar-refractivity contribution in [2.75, 3.05) is 25.1 Å². The Labute approximate surface area is 168 Å². The Bertz CT molecular complexity index is 966. The third-order valence-electron chi connectivity index (χ3n) is 4.07. The summed E-state index contributed by atoms with van der Waals surface area (Å²) in [7, 11) is 0. The summed E-state index contributed by atoms with van der Waals surface area (Å²) in [5.74, 6) is 0.958. The van der Waals surface area contributed by atoms with Gasteiger partial charge in [0.25, 0.3) is 0 Å². The van der Waals surface area contributed by atoms with Crippen molar-refractivity contribution < 1.29 is 19.1 Å². The summed E-state index contributed by atoms with van der Waals surface area (Å²) in [6.45, 7) is 4.66. The van der Waals surface area contributed by atoms with E-state index in [0.717, 1.165) is 16.6 Å². The minimum Gasteiger partial charge on any atom is -0.490 e. The number of nitrogens with zero attached hydrogens (tertiary/aromatic N) is 1. The van der Waals surface area contributed by atoms with Crippen molar-refractivity contribution in [1.29, 1.82) is 0 Å². The summed E-state index contributed by atoms with van der Waals surface area (Å²) in [5, 5.41) is 5.25. The molecule has 3 aromatic rings. The fourth-order valence-electron chi connectivity index (χ4n) is 2.82. The molecular weight excluding hydrogens is 372 g/mol. The quantitative estimate of drug-likeness (QED) is 0.516. The van der Waals surface area contributed by atoms with Crippen LogP contribution in [-0.4, -0.2) is 41.5 Å². The highest BCUT2D eigenvalue weighted by atomic mass is 16.5. The molecule has 29 heavy (non-hydrogen) atoms. The molecule has 3 rings (SSSR count). The Hall–Kier alpha value is -3.55. The first-order valence-corrected chi connectivity index (χ1v) is 9.48. The molecule has 1 aromatic heterocycles. The summed E-state index contributed by atoms with van der Waals surface area (Å²) in [6.07, 6.45) is 0.129. The molecule has 0 fully saturated rings. The van der Waals surface area contributed by atoms with Gasteiger partial charge in [-0.2, -0.15) is 0 Å². The number of fused-ring (bicyclic) bond motifs is 1. The molecule has 0 unspecified atom stereocenters. The average Bonchev–Trinajstić information content (AvgIpc) is 3.11. The molecule has 2 aromatic carbocycles. The molecule has 0 bridgehead atoms. The van der Waals surface area contributed by atoms with E-state index in [9.17, 15) is 9.59 Å². The zero-order valence-electron chi connectivity index (χ0n) is 16.5. The molecule has 0 saturated carbocycles. The first-order valence-electron chi connectivity index (χ1n) is 9.48. The zero-order chi connectivity index (χ0) is 20.6. The predicted octanol–water partition coefficient (Wildman–Crippen LogP) is 2.66. The van der Waals surface area contributed by atoms with Gasteiger partial charge < -0.3 is 19.8 Å². The number of amides is 2. The van der Waals surface area contributed by atoms with Gasteiger partial charge in [0, 0.05) is 0 Å². The molecule has 1 heterocycles. The Morgan fingerprint density at radius 2 is 1.76 bits per heavy atom. The maximum atomic E-state index is 12.2. The van der Waals surface area contributed by atoms with Crippen LogP contribution in [0.2, 0.25) is 0 Å². The number of ether oxygens (including phenoxy) is 2. The number of H-pyrrole nitrogens is 1. The number of anilines is 1. The predicted molar refractivity (Wildman–Crippen MR) is 110 cm³/mol. The number of aromatic amines is 1. The Balaban J connectivity index is 1.52. The van der Waals surface area contributed by atoms with Gasteiger partial charge in [0.1, 0.15) is 0 Å². The Morgan fingerprint density at radius 1 is 1.00 bits per heavy atom. The Morgan fingerprint density at radius 3 is 2.52 bits per heavy atom. The molecule has 0 atom stereocenters. The minimum absolute atomic E-state index is 0.129. The third-order valence-corrected chi connectivity index (χ3v) is 4.07. The van der Waals surface area contributed by atoms with Crippen LogP contribution in [0, 0.1) is 0 Å². The van der Waals surface area contributed by atoms with Gasteiger partial charge in [-0.3, -0.25) is 14.9 Å². The van der Waals surface area contributed by atoms with E-state index in [1.807, 2.05) is 44.2 Å². The average molecular weight is 396 g/mol. The number of hydrogen-bond donors (Lipinski definition) is 3. The maximum absolute atomic E-state index is 12.2. The summed E-state index contributed by atoms with van der Waals surface area (Å²) >= 11 is 0. The molecule has 0 aliphatic carbocycles. The summed E-state index contributed by atoms with van der Waals surface area (Å²) in [4.78, 5) is 31.6. The van der Waals surface area contributed by atoms with Crippen LogP contribution in [0.25, 0.3) is 11.0 Å². The van der Waals surface area contributed by atoms with Crippen LogP contribution in [0.1, 0.15) is 19.4 Å². The van der Waals surface area contributed by atoms with Gasteiger partial charge >= 0.3 is 0 Å². The van der Waals surface area contributed by atoms with E-state index in [4.69, 9.17) is 9.47 Å². The monoisotopic (exact) mass is 396 g/mol. The van der Waals surface area contributed by atoms with Gasteiger partial charge in [-0.25, -0.2) is 4.98 Å². The van der Waals surface area contributed by atoms with Crippen LogP contribution in [0.3, 0.4) is 0 Å². The number of para-hydroxylation sites is 2. The van der Waals surface area contributed by atoms with Crippen LogP contribution in [0.5, 0.6) is 11.5 Å². The lowest BCUT2D eigenvalue weighted by molar-refractivity contribution is -0.123. The second-order valence-electron chi connectivity index (χ2n) is 6.25. The van der Waals surface area contributed by atoms with E-state index in [1.54, 1.807) is 12.1 Å². The first kappa shape index (κ1) is 20.2. The number of rotatable bonds is 9. The molecule has 0 aliphatic heterocycles. The molecule has 8 heteroatoms. The van der Waals surface area contributed by atoms with E-state index in [1.165, 1.54) is 0 Å². The standard InChI is InChI=1S/C21H24N4O4/c1-3-28-17-10-9-14(11-18(17)29-4-2)12-19(26)22-13-20(27)25-21-23-15-7-5-6-8-16(15)24-21/h5-11H,3-4,12-13H2,1-2H3,(H,22,26)(H2,23,24,25,27). The molecule has 2 amide bonds. The number of carbonyl (C=O) groups is 2. The van der Waals surface area contributed by atoms with Crippen molar-refractivity contribution in [1.82, 2.24) is 15.3 Å². The smallest absolute Gasteiger partial charge is 0.246 e. The van der Waals surface area contributed by atoms with Gasteiger partial charge in [-0.15, -0.1) is 0 Å². The van der Waals surface area contributed by atoms with E-state index < -0.39 is 0 Å². The van der Waals surface area contributed by atoms with Crippen molar-refractivity contribution in [3.8, 4) is 11.5 Å². The lowest BCUT2D eigenvalue weighted by atomic mass is 10.1. The van der Waals surface area contributed by atoms with Crippen molar-refractivity contribution in [3.05, 3.63) is 48.0 Å². The van der Waals surface area contributed by atoms with Crippen LogP contribution in [-0.2, 0) is 16.0 Å².